The number of pyridine rings is 1. The summed E-state index contributed by atoms with van der Waals surface area (Å²) in [7, 11) is 3.88. The van der Waals surface area contributed by atoms with Crippen molar-refractivity contribution in [1.29, 1.82) is 0 Å². The Kier molecular flexibility index (Phi) is 4.24. The number of hydrogen-bond donors (Lipinski definition) is 1. The van der Waals surface area contributed by atoms with Crippen LogP contribution in [0.4, 0.5) is 16.3 Å². The van der Waals surface area contributed by atoms with Gasteiger partial charge in [-0.25, -0.2) is 9.78 Å². The Hall–Kier alpha value is -1.78. The molecule has 0 aliphatic carbocycles. The Balaban J connectivity index is 1.94. The molecule has 0 radical (unpaired) electrons. The molecule has 1 N–H and O–H groups in total. The molecule has 2 rings (SSSR count). The zero-order chi connectivity index (χ0) is 13.8. The summed E-state index contributed by atoms with van der Waals surface area (Å²) in [6, 6.07) is 3.76. The van der Waals surface area contributed by atoms with E-state index < -0.39 is 0 Å². The quantitative estimate of drug-likeness (QED) is 0.890. The van der Waals surface area contributed by atoms with Crippen LogP contribution in [0.5, 0.6) is 0 Å². The van der Waals surface area contributed by atoms with Gasteiger partial charge in [0, 0.05) is 27.2 Å². The van der Waals surface area contributed by atoms with Crippen molar-refractivity contribution in [3.63, 3.8) is 0 Å². The first kappa shape index (κ1) is 13.6. The monoisotopic (exact) mass is 262 g/mol. The number of anilines is 2. The average Bonchev–Trinajstić information content (AvgIpc) is 2.39. The number of urea groups is 1. The number of carbonyl (C=O) groups excluding carboxylic acids is 1. The van der Waals surface area contributed by atoms with Crippen LogP contribution in [0.3, 0.4) is 0 Å². The third kappa shape index (κ3) is 3.59. The lowest BCUT2D eigenvalue weighted by Gasteiger charge is -2.30. The SMILES string of the molecule is C[C@H]1CCCN(C(=O)Nc2ccc(N(C)C)nc2)C1. The van der Waals surface area contributed by atoms with Gasteiger partial charge >= 0.3 is 6.03 Å². The van der Waals surface area contributed by atoms with Crippen LogP contribution >= 0.6 is 0 Å². The highest BCUT2D eigenvalue weighted by Gasteiger charge is 2.20. The van der Waals surface area contributed by atoms with Crippen LogP contribution in [0.2, 0.25) is 0 Å². The van der Waals surface area contributed by atoms with E-state index in [4.69, 9.17) is 0 Å². The second-order valence-corrected chi connectivity index (χ2v) is 5.42. The summed E-state index contributed by atoms with van der Waals surface area (Å²) in [6.07, 6.45) is 4.00. The molecule has 1 aromatic heterocycles. The minimum Gasteiger partial charge on any atom is -0.363 e. The van der Waals surface area contributed by atoms with Crippen molar-refractivity contribution in [3.05, 3.63) is 18.3 Å². The highest BCUT2D eigenvalue weighted by molar-refractivity contribution is 5.89. The molecule has 2 heterocycles. The molecule has 19 heavy (non-hydrogen) atoms. The lowest BCUT2D eigenvalue weighted by molar-refractivity contribution is 0.182. The normalized spacial score (nSPS) is 19.1. The minimum absolute atomic E-state index is 0.0223. The van der Waals surface area contributed by atoms with Crippen molar-refractivity contribution in [1.82, 2.24) is 9.88 Å². The van der Waals surface area contributed by atoms with Gasteiger partial charge < -0.3 is 15.1 Å². The molecule has 1 aromatic rings. The van der Waals surface area contributed by atoms with Crippen molar-refractivity contribution in [2.45, 2.75) is 19.8 Å². The molecule has 0 aromatic carbocycles. The highest BCUT2D eigenvalue weighted by Crippen LogP contribution is 2.17. The third-order valence-corrected chi connectivity index (χ3v) is 3.40. The lowest BCUT2D eigenvalue weighted by atomic mass is 10.0. The average molecular weight is 262 g/mol. The summed E-state index contributed by atoms with van der Waals surface area (Å²) in [4.78, 5) is 20.2. The van der Waals surface area contributed by atoms with Gasteiger partial charge in [0.05, 0.1) is 11.9 Å². The van der Waals surface area contributed by atoms with Crippen LogP contribution in [-0.4, -0.2) is 43.1 Å². The van der Waals surface area contributed by atoms with Crippen LogP contribution in [0.1, 0.15) is 19.8 Å². The van der Waals surface area contributed by atoms with Gasteiger partial charge in [-0.05, 0) is 30.9 Å². The molecule has 5 heteroatoms. The fourth-order valence-corrected chi connectivity index (χ4v) is 2.30. The molecule has 104 valence electrons. The van der Waals surface area contributed by atoms with E-state index in [1.165, 1.54) is 6.42 Å². The number of amides is 2. The molecule has 1 saturated heterocycles. The molecule has 0 bridgehead atoms. The Morgan fingerprint density at radius 2 is 2.26 bits per heavy atom. The second-order valence-electron chi connectivity index (χ2n) is 5.42. The molecular weight excluding hydrogens is 240 g/mol. The topological polar surface area (TPSA) is 48.5 Å². The third-order valence-electron chi connectivity index (χ3n) is 3.40. The zero-order valence-corrected chi connectivity index (χ0v) is 11.9. The van der Waals surface area contributed by atoms with Gasteiger partial charge in [0.2, 0.25) is 0 Å². The molecule has 1 atom stereocenters. The van der Waals surface area contributed by atoms with Crippen LogP contribution in [0.25, 0.3) is 0 Å². The molecule has 0 spiro atoms. The van der Waals surface area contributed by atoms with Crippen molar-refractivity contribution in [3.8, 4) is 0 Å². The first-order valence-electron chi connectivity index (χ1n) is 6.75. The summed E-state index contributed by atoms with van der Waals surface area (Å²) in [5.41, 5.74) is 0.744. The Bertz CT molecular complexity index is 430. The van der Waals surface area contributed by atoms with E-state index in [1.807, 2.05) is 36.0 Å². The van der Waals surface area contributed by atoms with Crippen LogP contribution in [0, 0.1) is 5.92 Å². The number of nitrogens with zero attached hydrogens (tertiary/aromatic N) is 3. The van der Waals surface area contributed by atoms with Crippen LogP contribution < -0.4 is 10.2 Å². The van der Waals surface area contributed by atoms with Crippen LogP contribution in [0.15, 0.2) is 18.3 Å². The van der Waals surface area contributed by atoms with E-state index in [0.29, 0.717) is 5.92 Å². The van der Waals surface area contributed by atoms with Gasteiger partial charge in [0.1, 0.15) is 5.82 Å². The largest absolute Gasteiger partial charge is 0.363 e. The number of piperidine rings is 1. The van der Waals surface area contributed by atoms with Gasteiger partial charge in [-0.2, -0.15) is 0 Å². The molecule has 5 nitrogen and oxygen atoms in total. The maximum atomic E-state index is 12.1. The van der Waals surface area contributed by atoms with E-state index in [9.17, 15) is 4.79 Å². The van der Waals surface area contributed by atoms with E-state index in [0.717, 1.165) is 31.0 Å². The molecular formula is C14H22N4O. The maximum absolute atomic E-state index is 12.1. The fourth-order valence-electron chi connectivity index (χ4n) is 2.30. The lowest BCUT2D eigenvalue weighted by Crippen LogP contribution is -2.41. The van der Waals surface area contributed by atoms with Crippen LogP contribution in [-0.2, 0) is 0 Å². The summed E-state index contributed by atoms with van der Waals surface area (Å²) in [6.45, 7) is 3.88. The Morgan fingerprint density at radius 1 is 1.47 bits per heavy atom. The summed E-state index contributed by atoms with van der Waals surface area (Å²) in [5, 5.41) is 2.90. The van der Waals surface area contributed by atoms with Crippen molar-refractivity contribution in [2.75, 3.05) is 37.4 Å². The van der Waals surface area contributed by atoms with E-state index >= 15 is 0 Å². The molecule has 1 aliphatic heterocycles. The predicted octanol–water partition coefficient (Wildman–Crippen LogP) is 2.41. The number of hydrogen-bond acceptors (Lipinski definition) is 3. The Labute approximate surface area is 114 Å². The van der Waals surface area contributed by atoms with Crippen molar-refractivity contribution in [2.24, 2.45) is 5.92 Å². The molecule has 2 amide bonds. The smallest absolute Gasteiger partial charge is 0.321 e. The van der Waals surface area contributed by atoms with Gasteiger partial charge in [-0.1, -0.05) is 6.92 Å². The molecule has 1 aliphatic rings. The van der Waals surface area contributed by atoms with Gasteiger partial charge in [-0.15, -0.1) is 0 Å². The highest BCUT2D eigenvalue weighted by atomic mass is 16.2. The summed E-state index contributed by atoms with van der Waals surface area (Å²) in [5.74, 6) is 1.47. The standard InChI is InChI=1S/C14H22N4O/c1-11-5-4-8-18(10-11)14(19)16-12-6-7-13(15-9-12)17(2)3/h6-7,9,11H,4-5,8,10H2,1-3H3,(H,16,19)/t11-/m0/s1. The second kappa shape index (κ2) is 5.91. The molecule has 1 fully saturated rings. The number of likely N-dealkylation sites (tertiary alicyclic amines) is 1. The Morgan fingerprint density at radius 3 is 2.84 bits per heavy atom. The van der Waals surface area contributed by atoms with E-state index in [1.54, 1.807) is 6.20 Å². The maximum Gasteiger partial charge on any atom is 0.321 e. The zero-order valence-electron chi connectivity index (χ0n) is 11.9. The predicted molar refractivity (Wildman–Crippen MR) is 77.6 cm³/mol. The fraction of sp³-hybridized carbons (Fsp3) is 0.571. The number of carbonyl (C=O) groups is 1. The number of aromatic nitrogens is 1. The van der Waals surface area contributed by atoms with E-state index in [2.05, 4.69) is 17.2 Å². The van der Waals surface area contributed by atoms with Crippen molar-refractivity contribution >= 4 is 17.5 Å². The number of nitrogens with one attached hydrogen (secondary N) is 1. The van der Waals surface area contributed by atoms with E-state index in [-0.39, 0.29) is 6.03 Å². The molecule has 0 unspecified atom stereocenters. The van der Waals surface area contributed by atoms with Gasteiger partial charge in [0.15, 0.2) is 0 Å². The first-order valence-corrected chi connectivity index (χ1v) is 6.75. The number of rotatable bonds is 2. The molecule has 0 saturated carbocycles. The van der Waals surface area contributed by atoms with Gasteiger partial charge in [0.25, 0.3) is 0 Å². The van der Waals surface area contributed by atoms with Gasteiger partial charge in [-0.3, -0.25) is 0 Å². The first-order chi connectivity index (χ1) is 9.06. The minimum atomic E-state index is -0.0223. The van der Waals surface area contributed by atoms with Crippen molar-refractivity contribution < 1.29 is 4.79 Å². The summed E-state index contributed by atoms with van der Waals surface area (Å²) >= 11 is 0. The summed E-state index contributed by atoms with van der Waals surface area (Å²) < 4.78 is 0.